The van der Waals surface area contributed by atoms with Crippen LogP contribution in [0.3, 0.4) is 0 Å². The molecule has 2 N–H and O–H groups in total. The molecule has 0 saturated carbocycles. The van der Waals surface area contributed by atoms with E-state index in [1.54, 1.807) is 24.3 Å². The second-order valence-corrected chi connectivity index (χ2v) is 9.60. The average Bonchev–Trinajstić information content (AvgIpc) is 3.15. The Morgan fingerprint density at radius 1 is 1.05 bits per heavy atom. The molecule has 0 unspecified atom stereocenters. The van der Waals surface area contributed by atoms with E-state index in [0.717, 1.165) is 55.0 Å². The molecule has 5 rings (SSSR count). The molecule has 3 aromatic rings. The van der Waals surface area contributed by atoms with Crippen molar-refractivity contribution in [2.24, 2.45) is 0 Å². The fraction of sp³-hybridized carbons (Fsp3) is 0.393. The molecule has 2 aromatic carbocycles. The molecule has 0 aliphatic carbocycles. The summed E-state index contributed by atoms with van der Waals surface area (Å²) in [4.78, 5) is 23.3. The van der Waals surface area contributed by atoms with Crippen molar-refractivity contribution in [1.82, 2.24) is 20.2 Å². The van der Waals surface area contributed by atoms with Crippen LogP contribution in [0.15, 0.2) is 60.7 Å². The number of carbonyl (C=O) groups excluding carboxylic acids is 1. The summed E-state index contributed by atoms with van der Waals surface area (Å²) in [7, 11) is 1.65. The highest BCUT2D eigenvalue weighted by Crippen LogP contribution is 2.37. The first-order valence-corrected chi connectivity index (χ1v) is 12.9. The Bertz CT molecular complexity index is 1210. The average molecular weight is 503 g/mol. The topological polar surface area (TPSA) is 97.1 Å². The molecule has 0 spiro atoms. The van der Waals surface area contributed by atoms with Gasteiger partial charge >= 0.3 is 5.97 Å². The van der Waals surface area contributed by atoms with Crippen LogP contribution in [0.25, 0.3) is 11.3 Å². The van der Waals surface area contributed by atoms with Gasteiger partial charge in [-0.15, -0.1) is 15.3 Å². The van der Waals surface area contributed by atoms with Gasteiger partial charge in [0.1, 0.15) is 5.75 Å². The third-order valence-corrected chi connectivity index (χ3v) is 7.17. The molecule has 9 heteroatoms. The monoisotopic (exact) mass is 502 g/mol. The summed E-state index contributed by atoms with van der Waals surface area (Å²) in [6.07, 6.45) is 3.07. The first kappa shape index (κ1) is 25.0. The van der Waals surface area contributed by atoms with Crippen LogP contribution in [0, 0.1) is 0 Å². The molecule has 9 nitrogen and oxygen atoms in total. The van der Waals surface area contributed by atoms with Crippen LogP contribution >= 0.6 is 0 Å². The summed E-state index contributed by atoms with van der Waals surface area (Å²) in [6, 6.07) is 19.6. The van der Waals surface area contributed by atoms with Crippen molar-refractivity contribution in [2.75, 3.05) is 44.0 Å². The van der Waals surface area contributed by atoms with Gasteiger partial charge in [-0.05, 0) is 49.6 Å². The number of para-hydroxylation sites is 1. The standard InChI is InChI=1S/C28H34N6O3/c1-3-15-33(37-28(35)20-9-5-4-6-10-20)19-34-21-13-14-22(34)18-32(17-21)25-16-24(30-31-27(25)29)23-11-7-8-12-26(23)36-2/h4-12,16,21-22H,3,13-15,17-19H2,1-2H3,(H2,29,31)/t21-,22+. The quantitative estimate of drug-likeness (QED) is 0.438. The highest BCUT2D eigenvalue weighted by Gasteiger charge is 2.41. The van der Waals surface area contributed by atoms with Crippen LogP contribution in [0.5, 0.6) is 5.75 Å². The van der Waals surface area contributed by atoms with Crippen molar-refractivity contribution in [1.29, 1.82) is 0 Å². The maximum atomic E-state index is 12.7. The van der Waals surface area contributed by atoms with Crippen molar-refractivity contribution in [3.63, 3.8) is 0 Å². The number of nitrogen functional groups attached to an aromatic ring is 1. The van der Waals surface area contributed by atoms with Gasteiger partial charge in [-0.1, -0.05) is 37.3 Å². The maximum absolute atomic E-state index is 12.7. The minimum atomic E-state index is -0.320. The van der Waals surface area contributed by atoms with E-state index in [4.69, 9.17) is 15.3 Å². The summed E-state index contributed by atoms with van der Waals surface area (Å²) in [5, 5.41) is 10.4. The van der Waals surface area contributed by atoms with Crippen molar-refractivity contribution in [2.45, 2.75) is 38.3 Å². The number of benzene rings is 2. The smallest absolute Gasteiger partial charge is 0.357 e. The molecular weight excluding hydrogens is 468 g/mol. The van der Waals surface area contributed by atoms with Gasteiger partial charge in [-0.25, -0.2) is 4.79 Å². The Morgan fingerprint density at radius 3 is 2.46 bits per heavy atom. The van der Waals surface area contributed by atoms with Crippen LogP contribution in [-0.4, -0.2) is 71.6 Å². The van der Waals surface area contributed by atoms with E-state index >= 15 is 0 Å². The SMILES string of the molecule is CCCN(CN1[C@@H]2CC[C@H]1CN(c1cc(-c3ccccc3OC)nnc1N)C2)OC(=O)c1ccccc1. The number of fused-ring (bicyclic) bond motifs is 2. The lowest BCUT2D eigenvalue weighted by Crippen LogP contribution is -2.57. The van der Waals surface area contributed by atoms with E-state index in [-0.39, 0.29) is 5.97 Å². The molecule has 2 atom stereocenters. The number of rotatable bonds is 9. The number of nitrogens with zero attached hydrogens (tertiary/aromatic N) is 5. The predicted octanol–water partition coefficient (Wildman–Crippen LogP) is 3.83. The lowest BCUT2D eigenvalue weighted by Gasteiger charge is -2.43. The van der Waals surface area contributed by atoms with Gasteiger partial charge in [0, 0.05) is 37.3 Å². The molecule has 2 aliphatic heterocycles. The van der Waals surface area contributed by atoms with E-state index in [2.05, 4.69) is 26.9 Å². The number of hydrogen-bond donors (Lipinski definition) is 1. The largest absolute Gasteiger partial charge is 0.496 e. The molecule has 0 amide bonds. The molecule has 2 bridgehead atoms. The van der Waals surface area contributed by atoms with Gasteiger partial charge < -0.3 is 20.2 Å². The van der Waals surface area contributed by atoms with Crippen molar-refractivity contribution in [3.05, 3.63) is 66.2 Å². The zero-order valence-corrected chi connectivity index (χ0v) is 21.4. The number of hydroxylamine groups is 2. The van der Waals surface area contributed by atoms with Gasteiger partial charge in [0.15, 0.2) is 5.82 Å². The first-order valence-electron chi connectivity index (χ1n) is 12.9. The predicted molar refractivity (Wildman–Crippen MR) is 143 cm³/mol. The lowest BCUT2D eigenvalue weighted by molar-refractivity contribution is -0.143. The first-order chi connectivity index (χ1) is 18.1. The number of hydrogen-bond acceptors (Lipinski definition) is 9. The number of nitrogens with two attached hydrogens (primary N) is 1. The maximum Gasteiger partial charge on any atom is 0.357 e. The van der Waals surface area contributed by atoms with Crippen LogP contribution in [0.4, 0.5) is 11.5 Å². The highest BCUT2D eigenvalue weighted by atomic mass is 16.7. The van der Waals surface area contributed by atoms with Crippen molar-refractivity contribution in [3.8, 4) is 17.0 Å². The second-order valence-electron chi connectivity index (χ2n) is 9.60. The minimum absolute atomic E-state index is 0.320. The van der Waals surface area contributed by atoms with E-state index < -0.39 is 0 Å². The number of aromatic nitrogens is 2. The summed E-state index contributed by atoms with van der Waals surface area (Å²) in [6.45, 7) is 5.01. The number of carbonyl (C=O) groups is 1. The molecule has 1 aromatic heterocycles. The molecule has 3 heterocycles. The van der Waals surface area contributed by atoms with Crippen molar-refractivity contribution < 1.29 is 14.4 Å². The minimum Gasteiger partial charge on any atom is -0.496 e. The summed E-state index contributed by atoms with van der Waals surface area (Å²) < 4.78 is 5.53. The van der Waals surface area contributed by atoms with Gasteiger partial charge in [0.05, 0.1) is 30.7 Å². The number of anilines is 2. The Morgan fingerprint density at radius 2 is 1.76 bits per heavy atom. The van der Waals surface area contributed by atoms with Crippen LogP contribution in [0.1, 0.15) is 36.5 Å². The van der Waals surface area contributed by atoms with Gasteiger partial charge in [-0.3, -0.25) is 4.90 Å². The number of ether oxygens (including phenoxy) is 1. The van der Waals surface area contributed by atoms with Gasteiger partial charge in [0.2, 0.25) is 0 Å². The van der Waals surface area contributed by atoms with Crippen LogP contribution < -0.4 is 15.4 Å². The molecule has 194 valence electrons. The number of piperazine rings is 1. The fourth-order valence-corrected chi connectivity index (χ4v) is 5.37. The molecule has 0 radical (unpaired) electrons. The molecule has 2 aliphatic rings. The molecule has 2 fully saturated rings. The Kier molecular flexibility index (Phi) is 7.52. The van der Waals surface area contributed by atoms with Crippen LogP contribution in [0.2, 0.25) is 0 Å². The van der Waals surface area contributed by atoms with E-state index in [9.17, 15) is 4.79 Å². The molecule has 2 saturated heterocycles. The summed E-state index contributed by atoms with van der Waals surface area (Å²) in [5.74, 6) is 0.855. The zero-order valence-electron chi connectivity index (χ0n) is 21.4. The fourth-order valence-electron chi connectivity index (χ4n) is 5.37. The van der Waals surface area contributed by atoms with Crippen LogP contribution in [-0.2, 0) is 4.84 Å². The second kappa shape index (κ2) is 11.1. The van der Waals surface area contributed by atoms with Gasteiger partial charge in [0.25, 0.3) is 0 Å². The van der Waals surface area contributed by atoms with Gasteiger partial charge in [-0.2, -0.15) is 0 Å². The Labute approximate surface area is 217 Å². The van der Waals surface area contributed by atoms with E-state index in [1.807, 2.05) is 48.5 Å². The van der Waals surface area contributed by atoms with E-state index in [0.29, 0.717) is 36.7 Å². The summed E-state index contributed by atoms with van der Waals surface area (Å²) in [5.41, 5.74) is 9.39. The normalized spacial score (nSPS) is 19.3. The number of methoxy groups -OCH3 is 1. The molecule has 37 heavy (non-hydrogen) atoms. The highest BCUT2D eigenvalue weighted by molar-refractivity contribution is 5.89. The summed E-state index contributed by atoms with van der Waals surface area (Å²) >= 11 is 0. The third kappa shape index (κ3) is 5.38. The van der Waals surface area contributed by atoms with E-state index in [1.165, 1.54) is 0 Å². The van der Waals surface area contributed by atoms with Crippen molar-refractivity contribution >= 4 is 17.5 Å². The Balaban J connectivity index is 1.30. The Hall–Kier alpha value is -3.69. The lowest BCUT2D eigenvalue weighted by atomic mass is 10.1. The zero-order chi connectivity index (χ0) is 25.8. The molecular formula is C28H34N6O3. The third-order valence-electron chi connectivity index (χ3n) is 7.17.